The monoisotopic (exact) mass is 316 g/mol. The van der Waals surface area contributed by atoms with Gasteiger partial charge in [0.2, 0.25) is 10.0 Å². The number of aliphatic hydroxyl groups is 1. The molecule has 0 saturated heterocycles. The van der Waals surface area contributed by atoms with Crippen molar-refractivity contribution in [1.82, 2.24) is 9.88 Å². The van der Waals surface area contributed by atoms with Gasteiger partial charge < -0.3 is 9.63 Å². The summed E-state index contributed by atoms with van der Waals surface area (Å²) in [4.78, 5) is 0.0298. The molecule has 1 aromatic heterocycles. The molecule has 0 aliphatic rings. The largest absolute Gasteiger partial charge is 0.392 e. The average Bonchev–Trinajstić information content (AvgIpc) is 2.83. The van der Waals surface area contributed by atoms with Crippen LogP contribution < -0.4 is 4.72 Å². The van der Waals surface area contributed by atoms with Crippen LogP contribution in [0.1, 0.15) is 17.0 Å². The lowest BCUT2D eigenvalue weighted by molar-refractivity contribution is 0.281. The fourth-order valence-corrected chi connectivity index (χ4v) is 2.81. The Morgan fingerprint density at radius 1 is 1.40 bits per heavy atom. The van der Waals surface area contributed by atoms with Crippen molar-refractivity contribution in [3.8, 4) is 0 Å². The molecule has 20 heavy (non-hydrogen) atoms. The normalized spacial score (nSPS) is 11.8. The Labute approximate surface area is 121 Å². The van der Waals surface area contributed by atoms with E-state index >= 15 is 0 Å². The quantitative estimate of drug-likeness (QED) is 0.874. The minimum atomic E-state index is -3.71. The molecule has 0 amide bonds. The van der Waals surface area contributed by atoms with Gasteiger partial charge in [-0.05, 0) is 30.7 Å². The third-order valence-corrected chi connectivity index (χ3v) is 4.38. The van der Waals surface area contributed by atoms with Crippen molar-refractivity contribution >= 4 is 21.6 Å². The zero-order chi connectivity index (χ0) is 14.8. The lowest BCUT2D eigenvalue weighted by atomic mass is 10.2. The van der Waals surface area contributed by atoms with E-state index in [0.29, 0.717) is 22.0 Å². The molecule has 2 N–H and O–H groups in total. The number of halogens is 1. The summed E-state index contributed by atoms with van der Waals surface area (Å²) in [5.41, 5.74) is 1.03. The summed E-state index contributed by atoms with van der Waals surface area (Å²) >= 11 is 5.82. The Morgan fingerprint density at radius 3 is 2.75 bits per heavy atom. The molecular weight excluding hydrogens is 304 g/mol. The smallest absolute Gasteiger partial charge is 0.240 e. The van der Waals surface area contributed by atoms with E-state index in [0.717, 1.165) is 0 Å². The van der Waals surface area contributed by atoms with Crippen molar-refractivity contribution in [1.29, 1.82) is 0 Å². The number of hydrogen-bond acceptors (Lipinski definition) is 5. The van der Waals surface area contributed by atoms with Crippen LogP contribution in [0.4, 0.5) is 0 Å². The molecule has 0 radical (unpaired) electrons. The van der Waals surface area contributed by atoms with Gasteiger partial charge in [-0.15, -0.1) is 0 Å². The van der Waals surface area contributed by atoms with E-state index in [1.807, 2.05) is 0 Å². The number of rotatable bonds is 5. The van der Waals surface area contributed by atoms with Gasteiger partial charge >= 0.3 is 0 Å². The van der Waals surface area contributed by atoms with Crippen LogP contribution in [0.15, 0.2) is 33.7 Å². The van der Waals surface area contributed by atoms with Gasteiger partial charge in [-0.25, -0.2) is 13.1 Å². The first-order valence-corrected chi connectivity index (χ1v) is 7.59. The molecule has 0 aliphatic carbocycles. The summed E-state index contributed by atoms with van der Waals surface area (Å²) in [5, 5.41) is 13.1. The first-order chi connectivity index (χ1) is 9.42. The van der Waals surface area contributed by atoms with Gasteiger partial charge in [-0.2, -0.15) is 0 Å². The molecule has 2 rings (SSSR count). The number of sulfonamides is 1. The molecule has 0 spiro atoms. The first-order valence-electron chi connectivity index (χ1n) is 5.73. The van der Waals surface area contributed by atoms with Crippen molar-refractivity contribution in [3.05, 3.63) is 46.3 Å². The van der Waals surface area contributed by atoms with Crippen LogP contribution in [0.3, 0.4) is 0 Å². The summed E-state index contributed by atoms with van der Waals surface area (Å²) in [6.07, 6.45) is 0. The van der Waals surface area contributed by atoms with E-state index < -0.39 is 10.0 Å². The highest BCUT2D eigenvalue weighted by Gasteiger charge is 2.16. The van der Waals surface area contributed by atoms with Gasteiger partial charge in [0.15, 0.2) is 5.76 Å². The molecule has 108 valence electrons. The van der Waals surface area contributed by atoms with E-state index in [1.54, 1.807) is 13.0 Å². The van der Waals surface area contributed by atoms with Gasteiger partial charge in [0.05, 0.1) is 23.7 Å². The number of nitrogens with zero attached hydrogens (tertiary/aromatic N) is 1. The van der Waals surface area contributed by atoms with Crippen molar-refractivity contribution in [2.75, 3.05) is 0 Å². The van der Waals surface area contributed by atoms with Crippen LogP contribution >= 0.6 is 11.6 Å². The molecule has 8 heteroatoms. The van der Waals surface area contributed by atoms with Crippen LogP contribution in [-0.2, 0) is 23.2 Å². The molecular formula is C12H13ClN2O4S. The number of benzene rings is 1. The van der Waals surface area contributed by atoms with Crippen molar-refractivity contribution in [2.24, 2.45) is 0 Å². The van der Waals surface area contributed by atoms with E-state index in [1.165, 1.54) is 18.2 Å². The lowest BCUT2D eigenvalue weighted by Crippen LogP contribution is -2.23. The highest BCUT2D eigenvalue weighted by atomic mass is 35.5. The maximum Gasteiger partial charge on any atom is 0.240 e. The topological polar surface area (TPSA) is 92.4 Å². The van der Waals surface area contributed by atoms with E-state index in [9.17, 15) is 8.42 Å². The Bertz CT molecular complexity index is 712. The van der Waals surface area contributed by atoms with E-state index in [2.05, 4.69) is 9.88 Å². The number of aliphatic hydroxyl groups excluding tert-OH is 1. The second-order valence-electron chi connectivity index (χ2n) is 4.17. The zero-order valence-corrected chi connectivity index (χ0v) is 12.2. The molecule has 1 heterocycles. The van der Waals surface area contributed by atoms with Gasteiger partial charge in [-0.3, -0.25) is 0 Å². The van der Waals surface area contributed by atoms with Crippen LogP contribution in [-0.4, -0.2) is 18.7 Å². The summed E-state index contributed by atoms with van der Waals surface area (Å²) in [5.74, 6) is 0.419. The summed E-state index contributed by atoms with van der Waals surface area (Å²) < 4.78 is 31.5. The minimum absolute atomic E-state index is 0.000256. The fraction of sp³-hybridized carbons (Fsp3) is 0.250. The predicted octanol–water partition coefficient (Wildman–Crippen LogP) is 1.61. The number of nitrogens with one attached hydrogen (secondary N) is 1. The van der Waals surface area contributed by atoms with Crippen LogP contribution in [0, 0.1) is 6.92 Å². The molecule has 0 saturated carbocycles. The van der Waals surface area contributed by atoms with Gasteiger partial charge in [-0.1, -0.05) is 16.8 Å². The molecule has 2 aromatic rings. The third-order valence-electron chi connectivity index (χ3n) is 2.61. The van der Waals surface area contributed by atoms with Crippen molar-refractivity contribution in [2.45, 2.75) is 25.0 Å². The SMILES string of the molecule is Cc1cc(CNS(=O)(=O)c2ccc(Cl)c(CO)c2)on1. The Hall–Kier alpha value is -1.41. The molecule has 0 unspecified atom stereocenters. The van der Waals surface area contributed by atoms with E-state index in [4.69, 9.17) is 21.2 Å². The lowest BCUT2D eigenvalue weighted by Gasteiger charge is -2.07. The summed E-state index contributed by atoms with van der Waals surface area (Å²) in [6.45, 7) is 1.41. The van der Waals surface area contributed by atoms with Gasteiger partial charge in [0.25, 0.3) is 0 Å². The molecule has 6 nitrogen and oxygen atoms in total. The average molecular weight is 317 g/mol. The first kappa shape index (κ1) is 15.0. The summed E-state index contributed by atoms with van der Waals surface area (Å²) in [7, 11) is -3.71. The highest BCUT2D eigenvalue weighted by molar-refractivity contribution is 7.89. The fourth-order valence-electron chi connectivity index (χ4n) is 1.59. The molecule has 0 atom stereocenters. The Kier molecular flexibility index (Phi) is 4.44. The van der Waals surface area contributed by atoms with Crippen LogP contribution in [0.25, 0.3) is 0 Å². The number of hydrogen-bond donors (Lipinski definition) is 2. The second kappa shape index (κ2) is 5.92. The number of aryl methyl sites for hydroxylation is 1. The second-order valence-corrected chi connectivity index (χ2v) is 6.34. The van der Waals surface area contributed by atoms with Crippen molar-refractivity contribution in [3.63, 3.8) is 0 Å². The van der Waals surface area contributed by atoms with Crippen LogP contribution in [0.5, 0.6) is 0 Å². The van der Waals surface area contributed by atoms with Gasteiger partial charge in [0.1, 0.15) is 0 Å². The van der Waals surface area contributed by atoms with Crippen LogP contribution in [0.2, 0.25) is 5.02 Å². The van der Waals surface area contributed by atoms with E-state index in [-0.39, 0.29) is 18.0 Å². The van der Waals surface area contributed by atoms with Crippen molar-refractivity contribution < 1.29 is 18.0 Å². The maximum absolute atomic E-state index is 12.1. The zero-order valence-electron chi connectivity index (χ0n) is 10.6. The molecule has 1 aromatic carbocycles. The minimum Gasteiger partial charge on any atom is -0.392 e. The predicted molar refractivity (Wildman–Crippen MR) is 72.6 cm³/mol. The summed E-state index contributed by atoms with van der Waals surface area (Å²) in [6, 6.07) is 5.77. The third kappa shape index (κ3) is 3.37. The molecule has 0 bridgehead atoms. The maximum atomic E-state index is 12.1. The molecule has 0 fully saturated rings. The van der Waals surface area contributed by atoms with Gasteiger partial charge in [0, 0.05) is 11.1 Å². The standard InChI is InChI=1S/C12H13ClN2O4S/c1-8-4-10(19-15-8)6-14-20(17,18)11-2-3-12(13)9(5-11)7-16/h2-5,14,16H,6-7H2,1H3. The Morgan fingerprint density at radius 2 is 2.15 bits per heavy atom. The Balaban J connectivity index is 2.17. The number of aromatic nitrogens is 1. The highest BCUT2D eigenvalue weighted by Crippen LogP contribution is 2.20. The molecule has 0 aliphatic heterocycles.